The first-order valence-electron chi connectivity index (χ1n) is 7.00. The van der Waals surface area contributed by atoms with Crippen molar-refractivity contribution in [3.8, 4) is 5.75 Å². The van der Waals surface area contributed by atoms with Crippen LogP contribution < -0.4 is 4.74 Å². The summed E-state index contributed by atoms with van der Waals surface area (Å²) in [5, 5.41) is 0.945. The lowest BCUT2D eigenvalue weighted by molar-refractivity contribution is -0.311. The van der Waals surface area contributed by atoms with E-state index >= 15 is 0 Å². The zero-order chi connectivity index (χ0) is 14.6. The molecular weight excluding hydrogens is 320 g/mol. The molecule has 0 saturated carbocycles. The average molecular weight is 343 g/mol. The molecule has 0 aromatic heterocycles. The number of methoxy groups -OCH3 is 1. The van der Waals surface area contributed by atoms with Crippen molar-refractivity contribution in [3.63, 3.8) is 0 Å². The van der Waals surface area contributed by atoms with Gasteiger partial charge >= 0.3 is 0 Å². The molecule has 0 radical (unpaired) electrons. The van der Waals surface area contributed by atoms with Crippen LogP contribution in [0.25, 0.3) is 0 Å². The topological polar surface area (TPSA) is 27.7 Å². The summed E-state index contributed by atoms with van der Waals surface area (Å²) in [4.78, 5) is 0. The van der Waals surface area contributed by atoms with Gasteiger partial charge in [-0.05, 0) is 30.7 Å². The fraction of sp³-hybridized carbons (Fsp3) is 0.625. The second-order valence-corrected chi connectivity index (χ2v) is 6.81. The molecule has 1 heterocycles. The molecule has 0 N–H and O–H groups in total. The number of benzene rings is 1. The molecule has 1 aromatic carbocycles. The molecule has 0 atom stereocenters. The van der Waals surface area contributed by atoms with Crippen LogP contribution in [-0.4, -0.2) is 25.7 Å². The number of hydrogen-bond acceptors (Lipinski definition) is 3. The average Bonchev–Trinajstić information content (AvgIpc) is 2.47. The SMILES string of the molecule is COc1ccc(C2(CCCBr)OCC(C)(C)CO2)cc1. The van der Waals surface area contributed by atoms with Gasteiger partial charge in [-0.25, -0.2) is 0 Å². The third-order valence-electron chi connectivity index (χ3n) is 3.56. The highest BCUT2D eigenvalue weighted by Crippen LogP contribution is 2.40. The number of ether oxygens (including phenoxy) is 3. The highest BCUT2D eigenvalue weighted by atomic mass is 79.9. The first-order valence-corrected chi connectivity index (χ1v) is 8.12. The van der Waals surface area contributed by atoms with Gasteiger partial charge in [0.05, 0.1) is 20.3 Å². The minimum absolute atomic E-state index is 0.0738. The Morgan fingerprint density at radius 3 is 2.25 bits per heavy atom. The first-order chi connectivity index (χ1) is 9.51. The molecule has 0 unspecified atom stereocenters. The lowest BCUT2D eigenvalue weighted by atomic mass is 9.92. The van der Waals surface area contributed by atoms with Gasteiger partial charge in [-0.1, -0.05) is 29.8 Å². The maximum Gasteiger partial charge on any atom is 0.194 e. The van der Waals surface area contributed by atoms with Gasteiger partial charge in [0, 0.05) is 22.7 Å². The summed E-state index contributed by atoms with van der Waals surface area (Å²) in [6, 6.07) is 7.98. The molecule has 0 amide bonds. The van der Waals surface area contributed by atoms with Crippen molar-refractivity contribution in [2.75, 3.05) is 25.7 Å². The van der Waals surface area contributed by atoms with Crippen LogP contribution in [0.5, 0.6) is 5.75 Å². The second-order valence-electron chi connectivity index (χ2n) is 6.02. The van der Waals surface area contributed by atoms with E-state index in [2.05, 4.69) is 29.8 Å². The van der Waals surface area contributed by atoms with E-state index in [0.717, 1.165) is 29.5 Å². The van der Waals surface area contributed by atoms with Gasteiger partial charge < -0.3 is 14.2 Å². The Balaban J connectivity index is 2.22. The molecule has 1 aliphatic heterocycles. The monoisotopic (exact) mass is 342 g/mol. The van der Waals surface area contributed by atoms with Crippen LogP contribution in [0, 0.1) is 5.41 Å². The number of halogens is 1. The Morgan fingerprint density at radius 2 is 1.75 bits per heavy atom. The molecule has 0 aliphatic carbocycles. The molecule has 4 heteroatoms. The normalized spacial score (nSPS) is 20.6. The van der Waals surface area contributed by atoms with E-state index < -0.39 is 5.79 Å². The summed E-state index contributed by atoms with van der Waals surface area (Å²) in [5.41, 5.74) is 1.14. The van der Waals surface area contributed by atoms with Gasteiger partial charge in [-0.3, -0.25) is 0 Å². The third kappa shape index (κ3) is 3.54. The minimum atomic E-state index is -0.616. The Morgan fingerprint density at radius 1 is 1.15 bits per heavy atom. The van der Waals surface area contributed by atoms with Gasteiger partial charge in [-0.2, -0.15) is 0 Å². The van der Waals surface area contributed by atoms with Crippen LogP contribution in [-0.2, 0) is 15.3 Å². The quantitative estimate of drug-likeness (QED) is 0.754. The van der Waals surface area contributed by atoms with E-state index in [0.29, 0.717) is 13.2 Å². The lowest BCUT2D eigenvalue weighted by Gasteiger charge is -2.44. The zero-order valence-electron chi connectivity index (χ0n) is 12.4. The van der Waals surface area contributed by atoms with Gasteiger partial charge in [0.1, 0.15) is 5.75 Å². The third-order valence-corrected chi connectivity index (χ3v) is 4.12. The Bertz CT molecular complexity index is 418. The van der Waals surface area contributed by atoms with Crippen molar-refractivity contribution < 1.29 is 14.2 Å². The van der Waals surface area contributed by atoms with Crippen LogP contribution in [0.1, 0.15) is 32.3 Å². The lowest BCUT2D eigenvalue weighted by Crippen LogP contribution is -2.45. The molecular formula is C16H23BrO3. The van der Waals surface area contributed by atoms with Crippen molar-refractivity contribution in [3.05, 3.63) is 29.8 Å². The van der Waals surface area contributed by atoms with E-state index in [-0.39, 0.29) is 5.41 Å². The van der Waals surface area contributed by atoms with Crippen LogP contribution >= 0.6 is 15.9 Å². The molecule has 2 rings (SSSR count). The van der Waals surface area contributed by atoms with Crippen LogP contribution in [0.3, 0.4) is 0 Å². The van der Waals surface area contributed by atoms with Gasteiger partial charge in [0.2, 0.25) is 0 Å². The smallest absolute Gasteiger partial charge is 0.194 e. The van der Waals surface area contributed by atoms with Crippen molar-refractivity contribution >= 4 is 15.9 Å². The summed E-state index contributed by atoms with van der Waals surface area (Å²) >= 11 is 3.49. The van der Waals surface area contributed by atoms with Crippen LogP contribution in [0.4, 0.5) is 0 Å². The first kappa shape index (κ1) is 15.8. The van der Waals surface area contributed by atoms with Gasteiger partial charge in [0.25, 0.3) is 0 Å². The molecule has 1 aromatic rings. The predicted molar refractivity (Wildman–Crippen MR) is 83.4 cm³/mol. The standard InChI is InChI=1S/C16H23BrO3/c1-15(2)11-19-16(20-12-15,9-4-10-17)13-5-7-14(18-3)8-6-13/h5-8H,4,9-12H2,1-3H3. The summed E-state index contributed by atoms with van der Waals surface area (Å²) in [6.45, 7) is 5.74. The van der Waals surface area contributed by atoms with Gasteiger partial charge in [-0.15, -0.1) is 0 Å². The Hall–Kier alpha value is -0.580. The summed E-state index contributed by atoms with van der Waals surface area (Å²) in [5.74, 6) is 0.232. The van der Waals surface area contributed by atoms with E-state index in [1.54, 1.807) is 7.11 Å². The minimum Gasteiger partial charge on any atom is -0.497 e. The molecule has 1 fully saturated rings. The molecule has 3 nitrogen and oxygen atoms in total. The van der Waals surface area contributed by atoms with Gasteiger partial charge in [0.15, 0.2) is 5.79 Å². The van der Waals surface area contributed by atoms with E-state index in [9.17, 15) is 0 Å². The highest BCUT2D eigenvalue weighted by molar-refractivity contribution is 9.09. The Kier molecular flexibility index (Phi) is 5.10. The van der Waals surface area contributed by atoms with E-state index in [1.807, 2.05) is 24.3 Å². The molecule has 112 valence electrons. The fourth-order valence-electron chi connectivity index (χ4n) is 2.31. The van der Waals surface area contributed by atoms with Crippen molar-refractivity contribution in [2.45, 2.75) is 32.5 Å². The van der Waals surface area contributed by atoms with Crippen LogP contribution in [0.15, 0.2) is 24.3 Å². The van der Waals surface area contributed by atoms with Crippen molar-refractivity contribution in [1.82, 2.24) is 0 Å². The zero-order valence-corrected chi connectivity index (χ0v) is 14.0. The maximum absolute atomic E-state index is 6.16. The van der Waals surface area contributed by atoms with E-state index in [1.165, 1.54) is 0 Å². The highest BCUT2D eigenvalue weighted by Gasteiger charge is 2.41. The van der Waals surface area contributed by atoms with Crippen molar-refractivity contribution in [1.29, 1.82) is 0 Å². The number of alkyl halides is 1. The van der Waals surface area contributed by atoms with Crippen molar-refractivity contribution in [2.24, 2.45) is 5.41 Å². The number of hydrogen-bond donors (Lipinski definition) is 0. The predicted octanol–water partition coefficient (Wildman–Crippen LogP) is 4.10. The molecule has 0 bridgehead atoms. The summed E-state index contributed by atoms with van der Waals surface area (Å²) in [6.07, 6.45) is 1.85. The second kappa shape index (κ2) is 6.46. The molecule has 1 saturated heterocycles. The van der Waals surface area contributed by atoms with Crippen LogP contribution in [0.2, 0.25) is 0 Å². The van der Waals surface area contributed by atoms with E-state index in [4.69, 9.17) is 14.2 Å². The summed E-state index contributed by atoms with van der Waals surface area (Å²) in [7, 11) is 1.67. The molecule has 1 aliphatic rings. The number of rotatable bonds is 5. The molecule has 0 spiro atoms. The Labute approximate surface area is 129 Å². The fourth-order valence-corrected chi connectivity index (χ4v) is 2.59. The maximum atomic E-state index is 6.16. The largest absolute Gasteiger partial charge is 0.497 e. The summed E-state index contributed by atoms with van der Waals surface area (Å²) < 4.78 is 17.5. The molecule has 20 heavy (non-hydrogen) atoms.